The van der Waals surface area contributed by atoms with Gasteiger partial charge < -0.3 is 15.4 Å². The summed E-state index contributed by atoms with van der Waals surface area (Å²) >= 11 is 0. The molecule has 0 spiro atoms. The Balaban J connectivity index is 2.26. The summed E-state index contributed by atoms with van der Waals surface area (Å²) in [6, 6.07) is 0. The quantitative estimate of drug-likeness (QED) is 0.565. The second-order valence-electron chi connectivity index (χ2n) is 2.54. The maximum absolute atomic E-state index is 9.27. The second kappa shape index (κ2) is 3.52. The van der Waals surface area contributed by atoms with Gasteiger partial charge in [0.2, 0.25) is 5.82 Å². The molecule has 0 radical (unpaired) electrons. The molecule has 2 aromatic heterocycles. The van der Waals surface area contributed by atoms with Crippen LogP contribution in [0.25, 0.3) is 11.6 Å². The largest absolute Gasteiger partial charge is 0.382 e. The summed E-state index contributed by atoms with van der Waals surface area (Å²) in [6.07, 6.45) is 0.379. The van der Waals surface area contributed by atoms with Gasteiger partial charge in [-0.2, -0.15) is 10.1 Å². The molecule has 14 heavy (non-hydrogen) atoms. The van der Waals surface area contributed by atoms with Gasteiger partial charge in [0.15, 0.2) is 5.82 Å². The van der Waals surface area contributed by atoms with Crippen LogP contribution in [-0.2, 0) is 0 Å². The van der Waals surface area contributed by atoms with Crippen LogP contribution in [-0.4, -0.2) is 37.0 Å². The fourth-order valence-electron chi connectivity index (χ4n) is 0.881. The molecule has 0 saturated carbocycles. The van der Waals surface area contributed by atoms with Gasteiger partial charge in [0.1, 0.15) is 12.4 Å². The van der Waals surface area contributed by atoms with Gasteiger partial charge in [0.05, 0.1) is 0 Å². The van der Waals surface area contributed by atoms with E-state index < -0.39 is 6.10 Å². The zero-order valence-electron chi connectivity index (χ0n) is 7.08. The highest BCUT2D eigenvalue weighted by atomic mass is 16.5. The Morgan fingerprint density at radius 2 is 2.50 bits per heavy atom. The molecule has 2 aromatic rings. The topological polar surface area (TPSA) is 127 Å². The van der Waals surface area contributed by atoms with Crippen LogP contribution in [0.3, 0.4) is 0 Å². The molecule has 0 bridgehead atoms. The van der Waals surface area contributed by atoms with Crippen molar-refractivity contribution in [3.05, 3.63) is 12.2 Å². The van der Waals surface area contributed by atoms with E-state index in [-0.39, 0.29) is 18.3 Å². The SMILES string of the molecule is NC[C@H](O)c1nc(-c2ncn[nH]2)no1. The van der Waals surface area contributed by atoms with Crippen LogP contribution in [0.1, 0.15) is 12.0 Å². The van der Waals surface area contributed by atoms with Gasteiger partial charge in [-0.05, 0) is 0 Å². The van der Waals surface area contributed by atoms with E-state index in [1.165, 1.54) is 6.33 Å². The summed E-state index contributed by atoms with van der Waals surface area (Å²) in [4.78, 5) is 7.70. The molecule has 4 N–H and O–H groups in total. The van der Waals surface area contributed by atoms with Gasteiger partial charge in [0.25, 0.3) is 5.89 Å². The first kappa shape index (κ1) is 8.78. The van der Waals surface area contributed by atoms with Crippen LogP contribution in [0.5, 0.6) is 0 Å². The molecular weight excluding hydrogens is 188 g/mol. The fourth-order valence-corrected chi connectivity index (χ4v) is 0.881. The van der Waals surface area contributed by atoms with E-state index in [9.17, 15) is 5.11 Å². The summed E-state index contributed by atoms with van der Waals surface area (Å²) in [7, 11) is 0. The first-order valence-electron chi connectivity index (χ1n) is 3.88. The molecule has 74 valence electrons. The number of nitrogens with two attached hydrogens (primary N) is 1. The molecule has 0 unspecified atom stereocenters. The highest BCUT2D eigenvalue weighted by Crippen LogP contribution is 2.13. The highest BCUT2D eigenvalue weighted by molar-refractivity contribution is 5.39. The van der Waals surface area contributed by atoms with Gasteiger partial charge in [-0.3, -0.25) is 5.10 Å². The van der Waals surface area contributed by atoms with E-state index in [1.54, 1.807) is 0 Å². The molecule has 0 aromatic carbocycles. The summed E-state index contributed by atoms with van der Waals surface area (Å²) in [5.74, 6) is 0.688. The van der Waals surface area contributed by atoms with Gasteiger partial charge in [-0.1, -0.05) is 5.16 Å². The lowest BCUT2D eigenvalue weighted by Crippen LogP contribution is -2.11. The number of hydrogen-bond acceptors (Lipinski definition) is 7. The standard InChI is InChI=1S/C6H8N6O2/c7-1-3(13)6-10-5(12-14-6)4-8-2-9-11-4/h2-3,13H,1,7H2,(H,8,9,11)/t3-/m0/s1. The Bertz CT molecular complexity index is 396. The molecule has 2 rings (SSSR count). The monoisotopic (exact) mass is 196 g/mol. The number of aromatic nitrogens is 5. The molecular formula is C6H8N6O2. The fraction of sp³-hybridized carbons (Fsp3) is 0.333. The molecule has 0 aliphatic rings. The number of aromatic amines is 1. The number of rotatable bonds is 3. The van der Waals surface area contributed by atoms with E-state index in [2.05, 4.69) is 25.3 Å². The van der Waals surface area contributed by atoms with Crippen molar-refractivity contribution in [1.29, 1.82) is 0 Å². The molecule has 0 saturated heterocycles. The van der Waals surface area contributed by atoms with Crippen molar-refractivity contribution in [3.63, 3.8) is 0 Å². The Morgan fingerprint density at radius 3 is 3.14 bits per heavy atom. The van der Waals surface area contributed by atoms with Crippen LogP contribution in [0.4, 0.5) is 0 Å². The summed E-state index contributed by atoms with van der Waals surface area (Å²) in [5.41, 5.74) is 5.22. The Hall–Kier alpha value is -1.80. The zero-order valence-corrected chi connectivity index (χ0v) is 7.08. The molecule has 0 aliphatic heterocycles. The first-order valence-corrected chi connectivity index (χ1v) is 3.88. The average molecular weight is 196 g/mol. The molecule has 8 nitrogen and oxygen atoms in total. The third kappa shape index (κ3) is 1.47. The molecule has 0 fully saturated rings. The van der Waals surface area contributed by atoms with Crippen molar-refractivity contribution >= 4 is 0 Å². The van der Waals surface area contributed by atoms with Gasteiger partial charge in [-0.25, -0.2) is 4.98 Å². The molecule has 1 atom stereocenters. The predicted octanol–water partition coefficient (Wildman–Crippen LogP) is -1.15. The van der Waals surface area contributed by atoms with Gasteiger partial charge in [-0.15, -0.1) is 0 Å². The lowest BCUT2D eigenvalue weighted by Gasteiger charge is -1.97. The van der Waals surface area contributed by atoms with E-state index in [1.807, 2.05) is 0 Å². The number of nitrogens with zero attached hydrogens (tertiary/aromatic N) is 4. The zero-order chi connectivity index (χ0) is 9.97. The van der Waals surface area contributed by atoms with Gasteiger partial charge in [0, 0.05) is 6.54 Å². The average Bonchev–Trinajstić information content (AvgIpc) is 2.86. The third-order valence-corrected chi connectivity index (χ3v) is 1.58. The molecule has 0 aliphatic carbocycles. The Labute approximate surface area is 78.2 Å². The first-order chi connectivity index (χ1) is 6.81. The smallest absolute Gasteiger partial charge is 0.257 e. The number of aliphatic hydroxyl groups is 1. The van der Waals surface area contributed by atoms with Crippen molar-refractivity contribution in [2.24, 2.45) is 5.73 Å². The molecule has 0 amide bonds. The van der Waals surface area contributed by atoms with Gasteiger partial charge >= 0.3 is 0 Å². The van der Waals surface area contributed by atoms with E-state index in [0.717, 1.165) is 0 Å². The summed E-state index contributed by atoms with van der Waals surface area (Å²) in [5, 5.41) is 19.1. The summed E-state index contributed by atoms with van der Waals surface area (Å²) in [6.45, 7) is 0.0258. The third-order valence-electron chi connectivity index (χ3n) is 1.58. The second-order valence-corrected chi connectivity index (χ2v) is 2.54. The molecule has 2 heterocycles. The van der Waals surface area contributed by atoms with Crippen molar-refractivity contribution < 1.29 is 9.63 Å². The van der Waals surface area contributed by atoms with Crippen LogP contribution < -0.4 is 5.73 Å². The Morgan fingerprint density at radius 1 is 1.64 bits per heavy atom. The lowest BCUT2D eigenvalue weighted by atomic mass is 10.4. The number of aliphatic hydroxyl groups excluding tert-OH is 1. The van der Waals surface area contributed by atoms with Crippen molar-refractivity contribution in [2.75, 3.05) is 6.54 Å². The van der Waals surface area contributed by atoms with E-state index in [4.69, 9.17) is 10.3 Å². The number of nitrogens with one attached hydrogen (secondary N) is 1. The van der Waals surface area contributed by atoms with Crippen LogP contribution in [0, 0.1) is 0 Å². The summed E-state index contributed by atoms with van der Waals surface area (Å²) < 4.78 is 4.76. The Kier molecular flexibility index (Phi) is 2.21. The predicted molar refractivity (Wildman–Crippen MR) is 43.7 cm³/mol. The lowest BCUT2D eigenvalue weighted by molar-refractivity contribution is 0.141. The number of H-pyrrole nitrogens is 1. The highest BCUT2D eigenvalue weighted by Gasteiger charge is 2.16. The minimum atomic E-state index is -0.945. The minimum Gasteiger partial charge on any atom is -0.382 e. The minimum absolute atomic E-state index is 0.0258. The molecule has 8 heteroatoms. The van der Waals surface area contributed by atoms with Crippen molar-refractivity contribution in [2.45, 2.75) is 6.10 Å². The van der Waals surface area contributed by atoms with E-state index in [0.29, 0.717) is 5.82 Å². The van der Waals surface area contributed by atoms with Crippen LogP contribution in [0.2, 0.25) is 0 Å². The maximum Gasteiger partial charge on any atom is 0.257 e. The van der Waals surface area contributed by atoms with Crippen molar-refractivity contribution in [1.82, 2.24) is 25.3 Å². The van der Waals surface area contributed by atoms with E-state index >= 15 is 0 Å². The van der Waals surface area contributed by atoms with Crippen LogP contribution >= 0.6 is 0 Å². The van der Waals surface area contributed by atoms with Crippen molar-refractivity contribution in [3.8, 4) is 11.6 Å². The normalized spacial score (nSPS) is 13.0. The van der Waals surface area contributed by atoms with Crippen LogP contribution in [0.15, 0.2) is 10.9 Å². The maximum atomic E-state index is 9.27. The number of hydrogen-bond donors (Lipinski definition) is 3.